The summed E-state index contributed by atoms with van der Waals surface area (Å²) in [6, 6.07) is 7.75. The molecule has 140 valence electrons. The molecule has 1 aromatic heterocycles. The third-order valence-corrected chi connectivity index (χ3v) is 7.39. The maximum atomic E-state index is 13.3. The van der Waals surface area contributed by atoms with Gasteiger partial charge >= 0.3 is 0 Å². The molecule has 3 rings (SSSR count). The standard InChI is InChI=1S/C18H27N3O2S.ClH/c1-14-18(16-6-4-5-7-17(16)20(14)3)24(22,23)21-12-9-15(10-13-21)8-11-19-2;/h4-7,15,19H,8-13H2,1-3H3;1H. The van der Waals surface area contributed by atoms with Crippen molar-refractivity contribution >= 4 is 33.3 Å². The largest absolute Gasteiger partial charge is 0.347 e. The molecular formula is C18H28ClN3O2S. The zero-order valence-electron chi connectivity index (χ0n) is 15.2. The first-order chi connectivity index (χ1) is 11.5. The van der Waals surface area contributed by atoms with Crippen LogP contribution in [0.25, 0.3) is 10.9 Å². The third-order valence-electron chi connectivity index (χ3n) is 5.32. The van der Waals surface area contributed by atoms with Crippen LogP contribution in [0, 0.1) is 12.8 Å². The first-order valence-corrected chi connectivity index (χ1v) is 10.1. The molecule has 0 aliphatic carbocycles. The van der Waals surface area contributed by atoms with Crippen LogP contribution in [-0.4, -0.2) is 44.0 Å². The number of sulfonamides is 1. The van der Waals surface area contributed by atoms with Gasteiger partial charge in [-0.05, 0) is 51.8 Å². The Bertz CT molecular complexity index is 824. The molecule has 0 bridgehead atoms. The molecule has 5 nitrogen and oxygen atoms in total. The predicted molar refractivity (Wildman–Crippen MR) is 105 cm³/mol. The fourth-order valence-corrected chi connectivity index (χ4v) is 5.64. The molecule has 1 aromatic carbocycles. The van der Waals surface area contributed by atoms with E-state index in [1.165, 1.54) is 0 Å². The molecule has 1 aliphatic heterocycles. The minimum atomic E-state index is -3.45. The van der Waals surface area contributed by atoms with Crippen LogP contribution in [-0.2, 0) is 17.1 Å². The molecule has 0 unspecified atom stereocenters. The quantitative estimate of drug-likeness (QED) is 0.860. The van der Waals surface area contributed by atoms with Gasteiger partial charge in [0.15, 0.2) is 0 Å². The SMILES string of the molecule is CNCCC1CCN(S(=O)(=O)c2c(C)n(C)c3ccccc23)CC1.Cl. The zero-order valence-corrected chi connectivity index (χ0v) is 16.8. The van der Waals surface area contributed by atoms with E-state index in [0.717, 1.165) is 42.4 Å². The molecule has 0 atom stereocenters. The maximum absolute atomic E-state index is 13.3. The highest BCUT2D eigenvalue weighted by atomic mass is 35.5. The molecule has 2 heterocycles. The van der Waals surface area contributed by atoms with E-state index in [1.807, 2.05) is 49.9 Å². The minimum Gasteiger partial charge on any atom is -0.347 e. The Morgan fingerprint density at radius 2 is 1.84 bits per heavy atom. The number of benzene rings is 1. The summed E-state index contributed by atoms with van der Waals surface area (Å²) in [6.07, 6.45) is 3.02. The molecule has 7 heteroatoms. The summed E-state index contributed by atoms with van der Waals surface area (Å²) >= 11 is 0. The van der Waals surface area contributed by atoms with E-state index in [2.05, 4.69) is 5.32 Å². The van der Waals surface area contributed by atoms with Crippen LogP contribution in [0.15, 0.2) is 29.2 Å². The molecule has 1 N–H and O–H groups in total. The van der Waals surface area contributed by atoms with Crippen molar-refractivity contribution in [2.75, 3.05) is 26.7 Å². The Labute approximate surface area is 156 Å². The molecule has 0 saturated carbocycles. The lowest BCUT2D eigenvalue weighted by molar-refractivity contribution is 0.263. The topological polar surface area (TPSA) is 54.3 Å². The van der Waals surface area contributed by atoms with E-state index in [0.29, 0.717) is 23.9 Å². The average molecular weight is 386 g/mol. The normalized spacial score (nSPS) is 16.9. The monoisotopic (exact) mass is 385 g/mol. The molecule has 1 saturated heterocycles. The first-order valence-electron chi connectivity index (χ1n) is 8.65. The molecule has 25 heavy (non-hydrogen) atoms. The average Bonchev–Trinajstić information content (AvgIpc) is 2.85. The van der Waals surface area contributed by atoms with Crippen molar-refractivity contribution in [1.29, 1.82) is 0 Å². The minimum absolute atomic E-state index is 0. The molecule has 0 amide bonds. The van der Waals surface area contributed by atoms with E-state index in [-0.39, 0.29) is 12.4 Å². The predicted octanol–water partition coefficient (Wildman–Crippen LogP) is 2.92. The van der Waals surface area contributed by atoms with Gasteiger partial charge in [0.25, 0.3) is 0 Å². The summed E-state index contributed by atoms with van der Waals surface area (Å²) in [5.41, 5.74) is 1.78. The van der Waals surface area contributed by atoms with Crippen molar-refractivity contribution in [2.45, 2.75) is 31.1 Å². The highest BCUT2D eigenvalue weighted by molar-refractivity contribution is 7.89. The summed E-state index contributed by atoms with van der Waals surface area (Å²) in [5.74, 6) is 0.623. The Morgan fingerprint density at radius 1 is 1.20 bits per heavy atom. The smallest absolute Gasteiger partial charge is 0.245 e. The van der Waals surface area contributed by atoms with Gasteiger partial charge in [0.05, 0.1) is 0 Å². The van der Waals surface area contributed by atoms with Crippen molar-refractivity contribution in [3.63, 3.8) is 0 Å². The van der Waals surface area contributed by atoms with E-state index in [9.17, 15) is 8.42 Å². The van der Waals surface area contributed by atoms with Gasteiger partial charge < -0.3 is 9.88 Å². The number of para-hydroxylation sites is 1. The highest BCUT2D eigenvalue weighted by Crippen LogP contribution is 2.33. The molecule has 1 fully saturated rings. The molecule has 1 aliphatic rings. The number of fused-ring (bicyclic) bond motifs is 1. The Balaban J connectivity index is 0.00000225. The van der Waals surface area contributed by atoms with Gasteiger partial charge in [-0.2, -0.15) is 4.31 Å². The summed E-state index contributed by atoms with van der Waals surface area (Å²) in [5, 5.41) is 4.01. The second kappa shape index (κ2) is 8.08. The Kier molecular flexibility index (Phi) is 6.54. The highest BCUT2D eigenvalue weighted by Gasteiger charge is 2.33. The van der Waals surface area contributed by atoms with Crippen LogP contribution >= 0.6 is 12.4 Å². The summed E-state index contributed by atoms with van der Waals surface area (Å²) < 4.78 is 30.2. The van der Waals surface area contributed by atoms with Gasteiger partial charge in [-0.25, -0.2) is 8.42 Å². The van der Waals surface area contributed by atoms with Gasteiger partial charge in [0.2, 0.25) is 10.0 Å². The van der Waals surface area contributed by atoms with Crippen LogP contribution in [0.4, 0.5) is 0 Å². The molecular weight excluding hydrogens is 358 g/mol. The van der Waals surface area contributed by atoms with Gasteiger partial charge in [-0.15, -0.1) is 12.4 Å². The molecule has 2 aromatic rings. The van der Waals surface area contributed by atoms with E-state index in [4.69, 9.17) is 0 Å². The number of aromatic nitrogens is 1. The lowest BCUT2D eigenvalue weighted by Gasteiger charge is -2.31. The van der Waals surface area contributed by atoms with Crippen molar-refractivity contribution in [2.24, 2.45) is 13.0 Å². The van der Waals surface area contributed by atoms with Crippen LogP contribution in [0.2, 0.25) is 0 Å². The summed E-state index contributed by atoms with van der Waals surface area (Å²) in [4.78, 5) is 0.481. The Hall–Kier alpha value is -1.08. The number of aryl methyl sites for hydroxylation is 1. The summed E-state index contributed by atoms with van der Waals surface area (Å²) in [7, 11) is 0.447. The number of hydrogen-bond donors (Lipinski definition) is 1. The molecule has 0 radical (unpaired) electrons. The van der Waals surface area contributed by atoms with Crippen LogP contribution in [0.1, 0.15) is 25.0 Å². The van der Waals surface area contributed by atoms with Crippen molar-refractivity contribution in [3.05, 3.63) is 30.0 Å². The van der Waals surface area contributed by atoms with Gasteiger partial charge in [-0.3, -0.25) is 0 Å². The number of piperidine rings is 1. The third kappa shape index (κ3) is 3.72. The molecule has 0 spiro atoms. The fraction of sp³-hybridized carbons (Fsp3) is 0.556. The second-order valence-corrected chi connectivity index (χ2v) is 8.61. The number of nitrogens with one attached hydrogen (secondary N) is 1. The van der Waals surface area contributed by atoms with E-state index >= 15 is 0 Å². The number of nitrogens with zero attached hydrogens (tertiary/aromatic N) is 2. The maximum Gasteiger partial charge on any atom is 0.245 e. The first kappa shape index (κ1) is 20.2. The zero-order chi connectivity index (χ0) is 17.3. The van der Waals surface area contributed by atoms with E-state index < -0.39 is 10.0 Å². The van der Waals surface area contributed by atoms with Crippen LogP contribution in [0.3, 0.4) is 0 Å². The Morgan fingerprint density at radius 3 is 2.48 bits per heavy atom. The van der Waals surface area contributed by atoms with Crippen LogP contribution < -0.4 is 5.32 Å². The van der Waals surface area contributed by atoms with Crippen molar-refractivity contribution < 1.29 is 8.42 Å². The van der Waals surface area contributed by atoms with E-state index in [1.54, 1.807) is 4.31 Å². The van der Waals surface area contributed by atoms with Crippen molar-refractivity contribution in [3.8, 4) is 0 Å². The number of hydrogen-bond acceptors (Lipinski definition) is 3. The van der Waals surface area contributed by atoms with Gasteiger partial charge in [0, 0.05) is 36.7 Å². The fourth-order valence-electron chi connectivity index (χ4n) is 3.73. The van der Waals surface area contributed by atoms with Crippen LogP contribution in [0.5, 0.6) is 0 Å². The second-order valence-electron chi connectivity index (χ2n) is 6.73. The number of rotatable bonds is 5. The lowest BCUT2D eigenvalue weighted by Crippen LogP contribution is -2.39. The van der Waals surface area contributed by atoms with Gasteiger partial charge in [-0.1, -0.05) is 18.2 Å². The van der Waals surface area contributed by atoms with Crippen molar-refractivity contribution in [1.82, 2.24) is 14.2 Å². The lowest BCUT2D eigenvalue weighted by atomic mass is 9.95. The number of halogens is 1. The summed E-state index contributed by atoms with van der Waals surface area (Å²) in [6.45, 7) is 4.14. The van der Waals surface area contributed by atoms with Gasteiger partial charge in [0.1, 0.15) is 4.90 Å².